The van der Waals surface area contributed by atoms with E-state index < -0.39 is 0 Å². The summed E-state index contributed by atoms with van der Waals surface area (Å²) in [7, 11) is 1.59. The number of methoxy groups -OCH3 is 1. The summed E-state index contributed by atoms with van der Waals surface area (Å²) in [6.07, 6.45) is 3.27. The van der Waals surface area contributed by atoms with Crippen molar-refractivity contribution in [3.05, 3.63) is 119 Å². The van der Waals surface area contributed by atoms with Crippen LogP contribution in [0.4, 0.5) is 0 Å². The number of rotatable bonds is 5. The van der Waals surface area contributed by atoms with Gasteiger partial charge >= 0.3 is 0 Å². The molecule has 6 rings (SSSR count). The standard InChI is InChI=1S/C29H20ClN5O2/c1-37-26-17-21(15-16-31-26)19-7-9-20(10-8-19)27-33-28-25(18-32-35(28)24-5-3-2-4-6-24)29(36)34(27)23-13-11-22(30)12-14-23/h2-18H,1H3. The van der Waals surface area contributed by atoms with Crippen LogP contribution in [0.5, 0.6) is 5.88 Å². The van der Waals surface area contributed by atoms with E-state index in [2.05, 4.69) is 10.1 Å². The Bertz CT molecular complexity index is 1780. The Morgan fingerprint density at radius 2 is 1.54 bits per heavy atom. The van der Waals surface area contributed by atoms with Gasteiger partial charge in [-0.15, -0.1) is 0 Å². The summed E-state index contributed by atoms with van der Waals surface area (Å²) in [6, 6.07) is 28.4. The highest BCUT2D eigenvalue weighted by atomic mass is 35.5. The number of hydrogen-bond donors (Lipinski definition) is 0. The minimum atomic E-state index is -0.215. The van der Waals surface area contributed by atoms with Crippen LogP contribution in [0.25, 0.3) is 44.9 Å². The first kappa shape index (κ1) is 22.7. The second kappa shape index (κ2) is 9.37. The van der Waals surface area contributed by atoms with Gasteiger partial charge in [0.15, 0.2) is 5.65 Å². The molecule has 6 aromatic rings. The number of hydrogen-bond acceptors (Lipinski definition) is 5. The summed E-state index contributed by atoms with van der Waals surface area (Å²) >= 11 is 6.13. The minimum Gasteiger partial charge on any atom is -0.481 e. The van der Waals surface area contributed by atoms with Crippen LogP contribution in [-0.2, 0) is 0 Å². The third-order valence-electron chi connectivity index (χ3n) is 6.11. The topological polar surface area (TPSA) is 74.8 Å². The molecule has 0 amide bonds. The summed E-state index contributed by atoms with van der Waals surface area (Å²) in [6.45, 7) is 0. The van der Waals surface area contributed by atoms with E-state index in [1.807, 2.05) is 66.7 Å². The lowest BCUT2D eigenvalue weighted by Gasteiger charge is -2.14. The molecule has 3 aromatic carbocycles. The molecule has 3 heterocycles. The maximum atomic E-state index is 13.8. The minimum absolute atomic E-state index is 0.215. The van der Waals surface area contributed by atoms with Crippen LogP contribution in [0.3, 0.4) is 0 Å². The van der Waals surface area contributed by atoms with Crippen molar-refractivity contribution in [3.8, 4) is 39.8 Å². The molecule has 180 valence electrons. The molecule has 0 aliphatic carbocycles. The highest BCUT2D eigenvalue weighted by Gasteiger charge is 2.18. The molecule has 0 saturated heterocycles. The average Bonchev–Trinajstić information content (AvgIpc) is 3.39. The largest absolute Gasteiger partial charge is 0.481 e. The van der Waals surface area contributed by atoms with Crippen molar-refractivity contribution in [2.24, 2.45) is 0 Å². The second-order valence-electron chi connectivity index (χ2n) is 8.35. The Balaban J connectivity index is 1.56. The van der Waals surface area contributed by atoms with Crippen LogP contribution < -0.4 is 10.3 Å². The van der Waals surface area contributed by atoms with Crippen molar-refractivity contribution in [2.45, 2.75) is 0 Å². The van der Waals surface area contributed by atoms with E-state index in [0.717, 1.165) is 22.4 Å². The highest BCUT2D eigenvalue weighted by molar-refractivity contribution is 6.30. The number of aromatic nitrogens is 5. The lowest BCUT2D eigenvalue weighted by molar-refractivity contribution is 0.398. The molecule has 0 unspecified atom stereocenters. The van der Waals surface area contributed by atoms with Crippen molar-refractivity contribution >= 4 is 22.6 Å². The summed E-state index contributed by atoms with van der Waals surface area (Å²) in [5.74, 6) is 1.04. The fraction of sp³-hybridized carbons (Fsp3) is 0.0345. The van der Waals surface area contributed by atoms with Crippen molar-refractivity contribution in [1.82, 2.24) is 24.3 Å². The van der Waals surface area contributed by atoms with Crippen molar-refractivity contribution in [1.29, 1.82) is 0 Å². The van der Waals surface area contributed by atoms with Crippen molar-refractivity contribution in [2.75, 3.05) is 7.11 Å². The van der Waals surface area contributed by atoms with Gasteiger partial charge in [0.05, 0.1) is 24.7 Å². The van der Waals surface area contributed by atoms with Gasteiger partial charge < -0.3 is 4.74 Å². The van der Waals surface area contributed by atoms with Gasteiger partial charge in [0.1, 0.15) is 11.2 Å². The van der Waals surface area contributed by atoms with Crippen LogP contribution in [-0.4, -0.2) is 31.4 Å². The lowest BCUT2D eigenvalue weighted by atomic mass is 10.0. The first-order valence-corrected chi connectivity index (χ1v) is 11.9. The van der Waals surface area contributed by atoms with Crippen LogP contribution in [0.15, 0.2) is 108 Å². The van der Waals surface area contributed by atoms with Gasteiger partial charge in [0, 0.05) is 22.8 Å². The molecule has 0 spiro atoms. The van der Waals surface area contributed by atoms with E-state index in [1.165, 1.54) is 0 Å². The zero-order chi connectivity index (χ0) is 25.4. The van der Waals surface area contributed by atoms with Crippen LogP contribution in [0.2, 0.25) is 5.02 Å². The van der Waals surface area contributed by atoms with Gasteiger partial charge in [-0.05, 0) is 53.6 Å². The second-order valence-corrected chi connectivity index (χ2v) is 8.78. The van der Waals surface area contributed by atoms with Gasteiger partial charge in [0.2, 0.25) is 5.88 Å². The van der Waals surface area contributed by atoms with Gasteiger partial charge in [-0.25, -0.2) is 14.6 Å². The molecule has 0 aliphatic heterocycles. The molecular weight excluding hydrogens is 486 g/mol. The number of pyridine rings is 1. The van der Waals surface area contributed by atoms with E-state index in [0.29, 0.717) is 33.4 Å². The van der Waals surface area contributed by atoms with Crippen LogP contribution >= 0.6 is 11.6 Å². The first-order valence-electron chi connectivity index (χ1n) is 11.6. The summed E-state index contributed by atoms with van der Waals surface area (Å²) < 4.78 is 8.54. The van der Waals surface area contributed by atoms with E-state index in [9.17, 15) is 4.79 Å². The van der Waals surface area contributed by atoms with E-state index in [4.69, 9.17) is 21.3 Å². The maximum absolute atomic E-state index is 13.8. The third kappa shape index (κ3) is 4.15. The normalized spacial score (nSPS) is 11.1. The zero-order valence-electron chi connectivity index (χ0n) is 19.7. The van der Waals surface area contributed by atoms with E-state index in [1.54, 1.807) is 53.0 Å². The van der Waals surface area contributed by atoms with E-state index in [-0.39, 0.29) is 5.56 Å². The maximum Gasteiger partial charge on any atom is 0.269 e. The van der Waals surface area contributed by atoms with Crippen LogP contribution in [0, 0.1) is 0 Å². The molecule has 8 heteroatoms. The van der Waals surface area contributed by atoms with E-state index >= 15 is 0 Å². The Hall–Kier alpha value is -4.75. The predicted octanol–water partition coefficient (Wildman–Crippen LogP) is 5.96. The molecular formula is C29H20ClN5O2. The molecule has 7 nitrogen and oxygen atoms in total. The van der Waals surface area contributed by atoms with Crippen molar-refractivity contribution < 1.29 is 4.74 Å². The van der Waals surface area contributed by atoms with Gasteiger partial charge in [0.25, 0.3) is 5.56 Å². The molecule has 0 atom stereocenters. The monoisotopic (exact) mass is 505 g/mol. The van der Waals surface area contributed by atoms with Gasteiger partial charge in [-0.1, -0.05) is 54.1 Å². The molecule has 0 saturated carbocycles. The summed E-state index contributed by atoms with van der Waals surface area (Å²) in [5.41, 5.74) is 4.49. The zero-order valence-corrected chi connectivity index (χ0v) is 20.5. The molecule has 0 bridgehead atoms. The fourth-order valence-corrected chi connectivity index (χ4v) is 4.39. The quantitative estimate of drug-likeness (QED) is 0.289. The number of para-hydroxylation sites is 1. The van der Waals surface area contributed by atoms with Crippen molar-refractivity contribution in [3.63, 3.8) is 0 Å². The number of benzene rings is 3. The Labute approximate surface area is 217 Å². The molecule has 0 radical (unpaired) electrons. The number of halogens is 1. The molecule has 3 aromatic heterocycles. The first-order chi connectivity index (χ1) is 18.1. The SMILES string of the molecule is COc1cc(-c2ccc(-c3nc4c(cnn4-c4ccccc4)c(=O)n3-c3ccc(Cl)cc3)cc2)ccn1. The summed E-state index contributed by atoms with van der Waals surface area (Å²) in [5, 5.41) is 5.49. The third-order valence-corrected chi connectivity index (χ3v) is 6.36. The molecule has 37 heavy (non-hydrogen) atoms. The Kier molecular flexibility index (Phi) is 5.75. The number of fused-ring (bicyclic) bond motifs is 1. The average molecular weight is 506 g/mol. The molecule has 0 fully saturated rings. The molecule has 0 N–H and O–H groups in total. The Morgan fingerprint density at radius 1 is 0.811 bits per heavy atom. The molecule has 0 aliphatic rings. The number of ether oxygens (including phenoxy) is 1. The summed E-state index contributed by atoms with van der Waals surface area (Å²) in [4.78, 5) is 23.0. The van der Waals surface area contributed by atoms with Gasteiger partial charge in [-0.3, -0.25) is 9.36 Å². The van der Waals surface area contributed by atoms with Crippen LogP contribution in [0.1, 0.15) is 0 Å². The number of nitrogens with zero attached hydrogens (tertiary/aromatic N) is 5. The van der Waals surface area contributed by atoms with Gasteiger partial charge in [-0.2, -0.15) is 5.10 Å². The highest BCUT2D eigenvalue weighted by Crippen LogP contribution is 2.28. The lowest BCUT2D eigenvalue weighted by Crippen LogP contribution is -2.22. The fourth-order valence-electron chi connectivity index (χ4n) is 4.26. The Morgan fingerprint density at radius 3 is 2.27 bits per heavy atom. The smallest absolute Gasteiger partial charge is 0.269 e. The predicted molar refractivity (Wildman–Crippen MR) is 145 cm³/mol.